The molecule has 0 atom stereocenters. The molecule has 72 valence electrons. The lowest BCUT2D eigenvalue weighted by Gasteiger charge is -2.39. The summed E-state index contributed by atoms with van der Waals surface area (Å²) >= 11 is 0. The molecule has 0 amide bonds. The van der Waals surface area contributed by atoms with Crippen LogP contribution in [0.1, 0.15) is 6.92 Å². The lowest BCUT2D eigenvalue weighted by molar-refractivity contribution is -0.177. The number of rotatable bonds is 3. The van der Waals surface area contributed by atoms with Crippen LogP contribution >= 0.6 is 0 Å². The molecule has 0 aromatic heterocycles. The summed E-state index contributed by atoms with van der Waals surface area (Å²) in [5.41, 5.74) is 0. The molecule has 5 nitrogen and oxygen atoms in total. The second kappa shape index (κ2) is 3.73. The van der Waals surface area contributed by atoms with Crippen molar-refractivity contribution in [2.75, 3.05) is 28.2 Å². The molecule has 0 aromatic carbocycles. The van der Waals surface area contributed by atoms with Gasteiger partial charge in [0.05, 0.1) is 0 Å². The van der Waals surface area contributed by atoms with Crippen LogP contribution in [0.25, 0.3) is 0 Å². The zero-order valence-corrected chi connectivity index (χ0v) is 8.16. The minimum Gasteiger partial charge on any atom is -0.450 e. The molecule has 0 aliphatic rings. The van der Waals surface area contributed by atoms with Crippen molar-refractivity contribution in [3.05, 3.63) is 0 Å². The van der Waals surface area contributed by atoms with Gasteiger partial charge in [0.15, 0.2) is 0 Å². The van der Waals surface area contributed by atoms with Crippen molar-refractivity contribution in [2.45, 2.75) is 12.8 Å². The highest BCUT2D eigenvalue weighted by atomic mass is 16.7. The van der Waals surface area contributed by atoms with Gasteiger partial charge >= 0.3 is 6.16 Å². The van der Waals surface area contributed by atoms with Crippen LogP contribution in [0.5, 0.6) is 0 Å². The Kier molecular flexibility index (Phi) is 3.48. The normalized spacial score (nSPS) is 12.2. The van der Waals surface area contributed by atoms with Gasteiger partial charge in [0, 0.05) is 6.92 Å². The van der Waals surface area contributed by atoms with Gasteiger partial charge < -0.3 is 9.84 Å². The Morgan fingerprint density at radius 1 is 1.25 bits per heavy atom. The van der Waals surface area contributed by atoms with E-state index in [-0.39, 0.29) is 0 Å². The fourth-order valence-corrected chi connectivity index (χ4v) is 0.748. The third-order valence-electron chi connectivity index (χ3n) is 1.94. The van der Waals surface area contributed by atoms with Gasteiger partial charge in [-0.15, -0.1) is 0 Å². The first-order valence-electron chi connectivity index (χ1n) is 3.57. The Morgan fingerprint density at radius 2 is 1.58 bits per heavy atom. The fraction of sp³-hybridized carbons (Fsp3) is 0.857. The molecular weight excluding hydrogens is 160 g/mol. The number of nitrogens with zero attached hydrogens (tertiary/aromatic N) is 2. The van der Waals surface area contributed by atoms with E-state index in [1.807, 2.05) is 0 Å². The average Bonchev–Trinajstić information content (AvgIpc) is 1.84. The van der Waals surface area contributed by atoms with Crippen LogP contribution in [0.2, 0.25) is 0 Å². The van der Waals surface area contributed by atoms with E-state index in [0.29, 0.717) is 0 Å². The molecule has 0 rings (SSSR count). The van der Waals surface area contributed by atoms with E-state index in [1.165, 1.54) is 0 Å². The van der Waals surface area contributed by atoms with Crippen LogP contribution in [0.15, 0.2) is 0 Å². The first-order chi connectivity index (χ1) is 5.30. The number of carboxylic acid groups (broad SMARTS) is 1. The number of hydrogen-bond donors (Lipinski definition) is 1. The number of carbonyl (C=O) groups is 1. The monoisotopic (exact) mass is 176 g/mol. The molecule has 0 radical (unpaired) electrons. The van der Waals surface area contributed by atoms with Gasteiger partial charge in [0.25, 0.3) is 0 Å². The minimum atomic E-state index is -1.28. The summed E-state index contributed by atoms with van der Waals surface area (Å²) in [6, 6.07) is 0. The van der Waals surface area contributed by atoms with Crippen molar-refractivity contribution >= 4 is 6.16 Å². The quantitative estimate of drug-likeness (QED) is 0.500. The summed E-state index contributed by atoms with van der Waals surface area (Å²) < 4.78 is 4.73. The zero-order valence-electron chi connectivity index (χ0n) is 8.16. The molecule has 0 spiro atoms. The highest BCUT2D eigenvalue weighted by Gasteiger charge is 2.33. The molecule has 0 saturated carbocycles. The minimum absolute atomic E-state index is 0.911. The van der Waals surface area contributed by atoms with Crippen LogP contribution in [-0.2, 0) is 4.74 Å². The lowest BCUT2D eigenvalue weighted by atomic mass is 10.4. The molecule has 1 N–H and O–H groups in total. The predicted octanol–water partition coefficient (Wildman–Crippen LogP) is 0.478. The van der Waals surface area contributed by atoms with Gasteiger partial charge in [-0.1, -0.05) is 0 Å². The molecule has 0 fully saturated rings. The fourth-order valence-electron chi connectivity index (χ4n) is 0.748. The summed E-state index contributed by atoms with van der Waals surface area (Å²) in [5, 5.41) is 8.47. The van der Waals surface area contributed by atoms with E-state index in [2.05, 4.69) is 0 Å². The summed E-state index contributed by atoms with van der Waals surface area (Å²) in [5.74, 6) is -0.911. The van der Waals surface area contributed by atoms with Gasteiger partial charge in [0.1, 0.15) is 0 Å². The van der Waals surface area contributed by atoms with E-state index < -0.39 is 12.0 Å². The topological polar surface area (TPSA) is 53.0 Å². The predicted molar refractivity (Wildman–Crippen MR) is 44.9 cm³/mol. The van der Waals surface area contributed by atoms with E-state index in [4.69, 9.17) is 9.84 Å². The lowest BCUT2D eigenvalue weighted by Crippen LogP contribution is -2.55. The molecule has 0 aliphatic heterocycles. The van der Waals surface area contributed by atoms with Crippen LogP contribution in [0, 0.1) is 0 Å². The van der Waals surface area contributed by atoms with E-state index in [9.17, 15) is 4.79 Å². The highest BCUT2D eigenvalue weighted by Crippen LogP contribution is 2.15. The molecule has 0 aromatic rings. The van der Waals surface area contributed by atoms with Gasteiger partial charge in [-0.2, -0.15) is 0 Å². The maximum Gasteiger partial charge on any atom is 0.508 e. The van der Waals surface area contributed by atoms with Crippen molar-refractivity contribution in [3.8, 4) is 0 Å². The summed E-state index contributed by atoms with van der Waals surface area (Å²) in [6.07, 6.45) is -1.28. The van der Waals surface area contributed by atoms with Crippen LogP contribution in [0.3, 0.4) is 0 Å². The first-order valence-corrected chi connectivity index (χ1v) is 3.57. The van der Waals surface area contributed by atoms with E-state index in [0.717, 1.165) is 0 Å². The van der Waals surface area contributed by atoms with Crippen LogP contribution in [-0.4, -0.2) is 55.1 Å². The second-order valence-electron chi connectivity index (χ2n) is 3.09. The van der Waals surface area contributed by atoms with Gasteiger partial charge in [0.2, 0.25) is 5.85 Å². The van der Waals surface area contributed by atoms with Crippen LogP contribution < -0.4 is 0 Å². The van der Waals surface area contributed by atoms with Crippen molar-refractivity contribution in [1.82, 2.24) is 9.80 Å². The SMILES string of the molecule is CN(C)C(C)(OC(=O)O)N(C)C. The molecule has 0 saturated heterocycles. The molecular formula is C7H16N2O3. The first kappa shape index (κ1) is 11.2. The molecule has 0 unspecified atom stereocenters. The van der Waals surface area contributed by atoms with Crippen molar-refractivity contribution in [3.63, 3.8) is 0 Å². The summed E-state index contributed by atoms with van der Waals surface area (Å²) in [6.45, 7) is 1.68. The molecule has 0 heterocycles. The Morgan fingerprint density at radius 3 is 1.67 bits per heavy atom. The molecule has 12 heavy (non-hydrogen) atoms. The van der Waals surface area contributed by atoms with Gasteiger partial charge in [-0.05, 0) is 28.2 Å². The zero-order chi connectivity index (χ0) is 9.94. The Hall–Kier alpha value is -0.810. The molecule has 5 heteroatoms. The van der Waals surface area contributed by atoms with Crippen molar-refractivity contribution in [2.24, 2.45) is 0 Å². The second-order valence-corrected chi connectivity index (χ2v) is 3.09. The molecule has 0 bridgehead atoms. The van der Waals surface area contributed by atoms with Crippen molar-refractivity contribution < 1.29 is 14.6 Å². The third-order valence-corrected chi connectivity index (χ3v) is 1.94. The van der Waals surface area contributed by atoms with Crippen LogP contribution in [0.4, 0.5) is 4.79 Å². The van der Waals surface area contributed by atoms with Gasteiger partial charge in [-0.3, -0.25) is 9.80 Å². The molecule has 0 aliphatic carbocycles. The maximum absolute atomic E-state index is 10.3. The highest BCUT2D eigenvalue weighted by molar-refractivity contribution is 5.57. The number of ether oxygens (including phenoxy) is 1. The third kappa shape index (κ3) is 2.35. The smallest absolute Gasteiger partial charge is 0.450 e. The van der Waals surface area contributed by atoms with E-state index in [1.54, 1.807) is 44.9 Å². The Labute approximate surface area is 72.5 Å². The largest absolute Gasteiger partial charge is 0.508 e. The standard InChI is InChI=1S/C7H16N2O3/c1-7(8(2)3,9(4)5)12-6(10)11/h1-5H3,(H,10,11). The summed E-state index contributed by atoms with van der Waals surface area (Å²) in [7, 11) is 7.01. The van der Waals surface area contributed by atoms with E-state index >= 15 is 0 Å². The van der Waals surface area contributed by atoms with Crippen molar-refractivity contribution in [1.29, 1.82) is 0 Å². The number of hydrogen-bond acceptors (Lipinski definition) is 4. The maximum atomic E-state index is 10.3. The van der Waals surface area contributed by atoms with Gasteiger partial charge in [-0.25, -0.2) is 4.79 Å². The average molecular weight is 176 g/mol. The Balaban J connectivity index is 4.51. The Bertz CT molecular complexity index is 160. The summed E-state index contributed by atoms with van der Waals surface area (Å²) in [4.78, 5) is 13.7.